The Bertz CT molecular complexity index is 555. The molecule has 3 heteroatoms. The fraction of sp³-hybridized carbons (Fsp3) is 0.400. The number of rotatable bonds is 2. The molecule has 0 amide bonds. The van der Waals surface area contributed by atoms with Gasteiger partial charge in [-0.3, -0.25) is 4.98 Å². The summed E-state index contributed by atoms with van der Waals surface area (Å²) in [5.74, 6) is 0.425. The molecule has 3 unspecified atom stereocenters. The van der Waals surface area contributed by atoms with Crippen LogP contribution in [0.25, 0.3) is 10.9 Å². The second-order valence-corrected chi connectivity index (χ2v) is 5.12. The van der Waals surface area contributed by atoms with Crippen molar-refractivity contribution in [3.63, 3.8) is 0 Å². The highest BCUT2D eigenvalue weighted by molar-refractivity contribution is 5.79. The summed E-state index contributed by atoms with van der Waals surface area (Å²) in [4.78, 5) is 4.33. The highest BCUT2D eigenvalue weighted by atomic mass is 16.5. The quantitative estimate of drug-likeness (QED) is 0.880. The maximum Gasteiger partial charge on any atom is 0.0702 e. The summed E-state index contributed by atoms with van der Waals surface area (Å²) in [6, 6.07) is 10.4. The summed E-state index contributed by atoms with van der Waals surface area (Å²) < 4.78 is 5.60. The van der Waals surface area contributed by atoms with Gasteiger partial charge < -0.3 is 10.5 Å². The summed E-state index contributed by atoms with van der Waals surface area (Å²) >= 11 is 0. The van der Waals surface area contributed by atoms with E-state index in [1.807, 2.05) is 18.3 Å². The first kappa shape index (κ1) is 11.6. The summed E-state index contributed by atoms with van der Waals surface area (Å²) in [5, 5.41) is 1.15. The second kappa shape index (κ2) is 4.67. The van der Waals surface area contributed by atoms with Gasteiger partial charge in [-0.2, -0.15) is 0 Å². The minimum absolute atomic E-state index is 0.0551. The molecule has 0 bridgehead atoms. The normalized spacial score (nSPS) is 25.4. The van der Waals surface area contributed by atoms with Crippen LogP contribution in [0, 0.1) is 5.92 Å². The van der Waals surface area contributed by atoms with Crippen LogP contribution in [-0.4, -0.2) is 17.7 Å². The van der Waals surface area contributed by atoms with Gasteiger partial charge in [-0.25, -0.2) is 0 Å². The number of nitrogens with two attached hydrogens (primary N) is 1. The molecule has 1 aliphatic heterocycles. The summed E-state index contributed by atoms with van der Waals surface area (Å²) in [7, 11) is 0. The van der Waals surface area contributed by atoms with Crippen LogP contribution < -0.4 is 5.73 Å². The monoisotopic (exact) mass is 242 g/mol. The predicted octanol–water partition coefficient (Wildman–Crippen LogP) is 2.66. The SMILES string of the molecule is CC1CC(C(N)c2ccc3ncccc3c2)CO1. The van der Waals surface area contributed by atoms with Crippen LogP contribution in [0.15, 0.2) is 36.5 Å². The third-order valence-electron chi connectivity index (χ3n) is 3.75. The topological polar surface area (TPSA) is 48.1 Å². The van der Waals surface area contributed by atoms with Crippen LogP contribution in [0.4, 0.5) is 0 Å². The molecular weight excluding hydrogens is 224 g/mol. The minimum Gasteiger partial charge on any atom is -0.378 e. The number of hydrogen-bond acceptors (Lipinski definition) is 3. The van der Waals surface area contributed by atoms with Gasteiger partial charge in [0.1, 0.15) is 0 Å². The van der Waals surface area contributed by atoms with Crippen molar-refractivity contribution in [2.75, 3.05) is 6.61 Å². The van der Waals surface area contributed by atoms with Gasteiger partial charge in [-0.05, 0) is 37.1 Å². The molecule has 1 aromatic carbocycles. The maximum atomic E-state index is 6.35. The van der Waals surface area contributed by atoms with Gasteiger partial charge in [0.05, 0.1) is 18.2 Å². The number of fused-ring (bicyclic) bond motifs is 1. The summed E-state index contributed by atoms with van der Waals surface area (Å²) in [6.07, 6.45) is 3.20. The molecule has 1 aromatic heterocycles. The molecular formula is C15H18N2O. The molecule has 2 N–H and O–H groups in total. The van der Waals surface area contributed by atoms with E-state index >= 15 is 0 Å². The van der Waals surface area contributed by atoms with Crippen molar-refractivity contribution >= 4 is 10.9 Å². The van der Waals surface area contributed by atoms with Crippen LogP contribution in [-0.2, 0) is 4.74 Å². The lowest BCUT2D eigenvalue weighted by atomic mass is 9.91. The molecule has 18 heavy (non-hydrogen) atoms. The van der Waals surface area contributed by atoms with Gasteiger partial charge >= 0.3 is 0 Å². The van der Waals surface area contributed by atoms with Crippen LogP contribution in [0.2, 0.25) is 0 Å². The standard InChI is InChI=1S/C15H18N2O/c1-10-7-13(9-18-10)15(16)12-4-5-14-11(8-12)3-2-6-17-14/h2-6,8,10,13,15H,7,9,16H2,1H3. The molecule has 0 spiro atoms. The zero-order valence-electron chi connectivity index (χ0n) is 10.5. The van der Waals surface area contributed by atoms with Crippen molar-refractivity contribution in [3.05, 3.63) is 42.1 Å². The molecule has 1 fully saturated rings. The van der Waals surface area contributed by atoms with Gasteiger partial charge in [0.25, 0.3) is 0 Å². The van der Waals surface area contributed by atoms with Crippen LogP contribution >= 0.6 is 0 Å². The molecule has 2 heterocycles. The second-order valence-electron chi connectivity index (χ2n) is 5.12. The number of pyridine rings is 1. The number of aromatic nitrogens is 1. The van der Waals surface area contributed by atoms with Crippen molar-refractivity contribution in [3.8, 4) is 0 Å². The van der Waals surface area contributed by atoms with E-state index in [4.69, 9.17) is 10.5 Å². The third kappa shape index (κ3) is 2.11. The van der Waals surface area contributed by atoms with Crippen molar-refractivity contribution in [2.45, 2.75) is 25.5 Å². The molecule has 0 radical (unpaired) electrons. The Labute approximate surface area is 107 Å². The molecule has 3 atom stereocenters. The molecule has 94 valence electrons. The lowest BCUT2D eigenvalue weighted by Gasteiger charge is -2.18. The zero-order chi connectivity index (χ0) is 12.5. The average Bonchev–Trinajstić information content (AvgIpc) is 2.84. The van der Waals surface area contributed by atoms with E-state index in [0.29, 0.717) is 12.0 Å². The van der Waals surface area contributed by atoms with Gasteiger partial charge in [0.2, 0.25) is 0 Å². The fourth-order valence-corrected chi connectivity index (χ4v) is 2.67. The first-order chi connectivity index (χ1) is 8.74. The molecule has 3 nitrogen and oxygen atoms in total. The van der Waals surface area contributed by atoms with Crippen molar-refractivity contribution < 1.29 is 4.74 Å². The average molecular weight is 242 g/mol. The largest absolute Gasteiger partial charge is 0.378 e. The summed E-state index contributed by atoms with van der Waals surface area (Å²) in [6.45, 7) is 2.88. The fourth-order valence-electron chi connectivity index (χ4n) is 2.67. The van der Waals surface area contributed by atoms with E-state index in [9.17, 15) is 0 Å². The Hall–Kier alpha value is -1.45. The lowest BCUT2D eigenvalue weighted by molar-refractivity contribution is 0.118. The van der Waals surface area contributed by atoms with Gasteiger partial charge in [0.15, 0.2) is 0 Å². The van der Waals surface area contributed by atoms with E-state index < -0.39 is 0 Å². The van der Waals surface area contributed by atoms with Gasteiger partial charge in [-0.1, -0.05) is 12.1 Å². The van der Waals surface area contributed by atoms with E-state index in [1.165, 1.54) is 5.56 Å². The molecule has 0 aliphatic carbocycles. The van der Waals surface area contributed by atoms with Crippen molar-refractivity contribution in [2.24, 2.45) is 11.7 Å². The Morgan fingerprint density at radius 2 is 2.28 bits per heavy atom. The zero-order valence-corrected chi connectivity index (χ0v) is 10.5. The van der Waals surface area contributed by atoms with E-state index in [1.54, 1.807) is 0 Å². The van der Waals surface area contributed by atoms with Crippen LogP contribution in [0.1, 0.15) is 24.9 Å². The Balaban J connectivity index is 1.89. The highest BCUT2D eigenvalue weighted by Gasteiger charge is 2.28. The summed E-state index contributed by atoms with van der Waals surface area (Å²) in [5.41, 5.74) is 8.55. The Morgan fingerprint density at radius 1 is 1.39 bits per heavy atom. The van der Waals surface area contributed by atoms with Crippen LogP contribution in [0.3, 0.4) is 0 Å². The van der Waals surface area contributed by atoms with E-state index in [2.05, 4.69) is 30.1 Å². The maximum absolute atomic E-state index is 6.35. The Kier molecular flexibility index (Phi) is 3.02. The van der Waals surface area contributed by atoms with Gasteiger partial charge in [0, 0.05) is 23.5 Å². The number of nitrogens with zero attached hydrogens (tertiary/aromatic N) is 1. The molecule has 0 saturated carbocycles. The highest BCUT2D eigenvalue weighted by Crippen LogP contribution is 2.30. The lowest BCUT2D eigenvalue weighted by Crippen LogP contribution is -2.21. The van der Waals surface area contributed by atoms with E-state index in [-0.39, 0.29) is 6.04 Å². The number of benzene rings is 1. The first-order valence-electron chi connectivity index (χ1n) is 6.46. The smallest absolute Gasteiger partial charge is 0.0702 e. The van der Waals surface area contributed by atoms with Crippen molar-refractivity contribution in [1.29, 1.82) is 0 Å². The predicted molar refractivity (Wildman–Crippen MR) is 72.2 cm³/mol. The van der Waals surface area contributed by atoms with Gasteiger partial charge in [-0.15, -0.1) is 0 Å². The van der Waals surface area contributed by atoms with Crippen LogP contribution in [0.5, 0.6) is 0 Å². The molecule has 2 aromatic rings. The van der Waals surface area contributed by atoms with Crippen molar-refractivity contribution in [1.82, 2.24) is 4.98 Å². The van der Waals surface area contributed by atoms with E-state index in [0.717, 1.165) is 23.9 Å². The first-order valence-corrected chi connectivity index (χ1v) is 6.46. The third-order valence-corrected chi connectivity index (χ3v) is 3.75. The minimum atomic E-state index is 0.0551. The molecule has 1 saturated heterocycles. The Morgan fingerprint density at radius 3 is 3.06 bits per heavy atom. The molecule has 1 aliphatic rings. The number of ether oxygens (including phenoxy) is 1. The molecule has 3 rings (SSSR count). The number of hydrogen-bond donors (Lipinski definition) is 1.